The van der Waals surface area contributed by atoms with Crippen LogP contribution in [0.3, 0.4) is 0 Å². The Labute approximate surface area is 247 Å². The van der Waals surface area contributed by atoms with Crippen LogP contribution in [-0.2, 0) is 9.59 Å². The number of carbonyl (C=O) groups excluding carboxylic acids is 2. The van der Waals surface area contributed by atoms with Gasteiger partial charge in [-0.3, -0.25) is 14.5 Å². The average Bonchev–Trinajstić information content (AvgIpc) is 3.54. The standard InChI is InChI=1S/C32H32N2O7S/c1-18(2)14-15-41-24-13-8-20(16-25(24)40-5)28-27(29(35)19-6-9-21(38-3)10-7-19)30(36)31(37)34(28)32-33-23-12-11-22(39-4)17-26(23)42-32/h6-13,16-18,28,35H,14-15H2,1-5H3. The van der Waals surface area contributed by atoms with Crippen molar-refractivity contribution in [3.63, 3.8) is 0 Å². The van der Waals surface area contributed by atoms with Crippen molar-refractivity contribution in [2.24, 2.45) is 5.92 Å². The third-order valence-corrected chi connectivity index (χ3v) is 8.07. The molecule has 0 radical (unpaired) electrons. The molecular weight excluding hydrogens is 556 g/mol. The van der Waals surface area contributed by atoms with E-state index in [2.05, 4.69) is 18.8 Å². The molecule has 1 N–H and O–H groups in total. The van der Waals surface area contributed by atoms with Gasteiger partial charge in [-0.25, -0.2) is 4.98 Å². The van der Waals surface area contributed by atoms with Gasteiger partial charge < -0.3 is 24.1 Å². The summed E-state index contributed by atoms with van der Waals surface area (Å²) < 4.78 is 23.0. The van der Waals surface area contributed by atoms with Crippen LogP contribution in [-0.4, -0.2) is 49.7 Å². The second kappa shape index (κ2) is 12.1. The molecule has 1 amide bonds. The van der Waals surface area contributed by atoms with Crippen LogP contribution in [0.1, 0.15) is 37.4 Å². The molecule has 1 atom stereocenters. The second-order valence-electron chi connectivity index (χ2n) is 10.2. The molecule has 1 aliphatic rings. The number of hydrogen-bond donors (Lipinski definition) is 1. The van der Waals surface area contributed by atoms with Gasteiger partial charge in [0.1, 0.15) is 17.3 Å². The summed E-state index contributed by atoms with van der Waals surface area (Å²) in [6, 6.07) is 16.3. The van der Waals surface area contributed by atoms with Crippen LogP contribution in [0, 0.1) is 5.92 Å². The molecule has 0 bridgehead atoms. The third-order valence-electron chi connectivity index (χ3n) is 7.05. The molecule has 0 spiro atoms. The van der Waals surface area contributed by atoms with Gasteiger partial charge in [0.05, 0.1) is 49.8 Å². The SMILES string of the molecule is COc1ccc(C(O)=C2C(=O)C(=O)N(c3nc4ccc(OC)cc4s3)C2c2ccc(OCCC(C)C)c(OC)c2)cc1. The average molecular weight is 589 g/mol. The lowest BCUT2D eigenvalue weighted by Crippen LogP contribution is -2.29. The molecule has 1 aromatic heterocycles. The number of aliphatic hydroxyl groups is 1. The molecule has 1 fully saturated rings. The van der Waals surface area contributed by atoms with Gasteiger partial charge in [0.15, 0.2) is 16.6 Å². The minimum absolute atomic E-state index is 0.0578. The van der Waals surface area contributed by atoms with Crippen LogP contribution in [0.4, 0.5) is 5.13 Å². The number of aromatic nitrogens is 1. The van der Waals surface area contributed by atoms with E-state index in [9.17, 15) is 14.7 Å². The number of thiazole rings is 1. The fourth-order valence-electron chi connectivity index (χ4n) is 4.75. The topological polar surface area (TPSA) is 107 Å². The Morgan fingerprint density at radius 3 is 2.31 bits per heavy atom. The first-order chi connectivity index (χ1) is 20.2. The van der Waals surface area contributed by atoms with Crippen molar-refractivity contribution < 1.29 is 33.6 Å². The van der Waals surface area contributed by atoms with Crippen LogP contribution >= 0.6 is 11.3 Å². The van der Waals surface area contributed by atoms with E-state index >= 15 is 0 Å². The van der Waals surface area contributed by atoms with Crippen LogP contribution < -0.4 is 23.8 Å². The number of fused-ring (bicyclic) bond motifs is 1. The molecule has 0 saturated carbocycles. The summed E-state index contributed by atoms with van der Waals surface area (Å²) in [6.07, 6.45) is 0.870. The Bertz CT molecular complexity index is 1660. The molecule has 42 heavy (non-hydrogen) atoms. The van der Waals surface area contributed by atoms with Crippen LogP contribution in [0.15, 0.2) is 66.2 Å². The highest BCUT2D eigenvalue weighted by Crippen LogP contribution is 2.46. The third kappa shape index (κ3) is 5.49. The van der Waals surface area contributed by atoms with E-state index in [1.807, 2.05) is 6.07 Å². The fourth-order valence-corrected chi connectivity index (χ4v) is 5.77. The van der Waals surface area contributed by atoms with Gasteiger partial charge in [0.25, 0.3) is 5.78 Å². The van der Waals surface area contributed by atoms with Gasteiger partial charge in [0, 0.05) is 5.56 Å². The van der Waals surface area contributed by atoms with E-state index < -0.39 is 17.7 Å². The Morgan fingerprint density at radius 2 is 1.64 bits per heavy atom. The number of Topliss-reactive ketones (excluding diaryl/α,β-unsaturated/α-hetero) is 1. The highest BCUT2D eigenvalue weighted by molar-refractivity contribution is 7.22. The minimum Gasteiger partial charge on any atom is -0.507 e. The smallest absolute Gasteiger partial charge is 0.301 e. The lowest BCUT2D eigenvalue weighted by Gasteiger charge is -2.24. The first kappa shape index (κ1) is 28.9. The Kier molecular flexibility index (Phi) is 8.35. The molecule has 2 heterocycles. The molecule has 10 heteroatoms. The molecule has 218 valence electrons. The lowest BCUT2D eigenvalue weighted by atomic mass is 9.95. The minimum atomic E-state index is -0.979. The molecule has 0 aliphatic carbocycles. The highest BCUT2D eigenvalue weighted by Gasteiger charge is 2.48. The summed E-state index contributed by atoms with van der Waals surface area (Å²) in [5, 5.41) is 11.8. The molecule has 1 aliphatic heterocycles. The van der Waals surface area contributed by atoms with Gasteiger partial charge in [-0.1, -0.05) is 31.3 Å². The number of nitrogens with zero attached hydrogens (tertiary/aromatic N) is 2. The molecule has 1 unspecified atom stereocenters. The quantitative estimate of drug-likeness (QED) is 0.129. The maximum absolute atomic E-state index is 13.7. The number of hydrogen-bond acceptors (Lipinski definition) is 9. The number of rotatable bonds is 10. The Balaban J connectivity index is 1.66. The molecule has 1 saturated heterocycles. The Hall–Kier alpha value is -4.57. The number of ether oxygens (including phenoxy) is 4. The second-order valence-corrected chi connectivity index (χ2v) is 11.2. The van der Waals surface area contributed by atoms with E-state index in [0.29, 0.717) is 57.3 Å². The normalized spacial score (nSPS) is 16.3. The number of benzene rings is 3. The van der Waals surface area contributed by atoms with E-state index in [0.717, 1.165) is 11.1 Å². The van der Waals surface area contributed by atoms with Gasteiger partial charge in [-0.2, -0.15) is 0 Å². The van der Waals surface area contributed by atoms with E-state index in [1.165, 1.54) is 30.5 Å². The van der Waals surface area contributed by atoms with E-state index in [1.54, 1.807) is 61.7 Å². The summed E-state index contributed by atoms with van der Waals surface area (Å²) in [5.41, 5.74) is 1.51. The molecular formula is C32H32N2O7S. The zero-order valence-corrected chi connectivity index (χ0v) is 24.9. The maximum Gasteiger partial charge on any atom is 0.301 e. The monoisotopic (exact) mass is 588 g/mol. The van der Waals surface area contributed by atoms with E-state index in [-0.39, 0.29) is 11.3 Å². The van der Waals surface area contributed by atoms with Crippen molar-refractivity contribution >= 4 is 44.1 Å². The van der Waals surface area contributed by atoms with Crippen molar-refractivity contribution in [3.05, 3.63) is 77.4 Å². The van der Waals surface area contributed by atoms with Crippen LogP contribution in [0.2, 0.25) is 0 Å². The van der Waals surface area contributed by atoms with Gasteiger partial charge in [0.2, 0.25) is 0 Å². The summed E-state index contributed by atoms with van der Waals surface area (Å²) >= 11 is 1.25. The molecule has 9 nitrogen and oxygen atoms in total. The summed E-state index contributed by atoms with van der Waals surface area (Å²) in [6.45, 7) is 4.75. The van der Waals surface area contributed by atoms with Crippen molar-refractivity contribution in [1.29, 1.82) is 0 Å². The number of carbonyl (C=O) groups is 2. The molecule has 5 rings (SSSR count). The predicted molar refractivity (Wildman–Crippen MR) is 162 cm³/mol. The summed E-state index contributed by atoms with van der Waals surface area (Å²) in [5.74, 6) is 0.782. The Morgan fingerprint density at radius 1 is 0.929 bits per heavy atom. The molecule has 4 aromatic rings. The van der Waals surface area contributed by atoms with Crippen molar-refractivity contribution in [1.82, 2.24) is 4.98 Å². The number of anilines is 1. The van der Waals surface area contributed by atoms with Gasteiger partial charge in [-0.05, 0) is 72.5 Å². The fraction of sp³-hybridized carbons (Fsp3) is 0.281. The largest absolute Gasteiger partial charge is 0.507 e. The first-order valence-electron chi connectivity index (χ1n) is 13.5. The van der Waals surface area contributed by atoms with E-state index in [4.69, 9.17) is 18.9 Å². The number of ketones is 1. The van der Waals surface area contributed by atoms with Crippen molar-refractivity contribution in [2.75, 3.05) is 32.8 Å². The molecule has 3 aromatic carbocycles. The van der Waals surface area contributed by atoms with Gasteiger partial charge >= 0.3 is 5.91 Å². The lowest BCUT2D eigenvalue weighted by molar-refractivity contribution is -0.132. The zero-order valence-electron chi connectivity index (χ0n) is 24.0. The van der Waals surface area contributed by atoms with Crippen molar-refractivity contribution in [3.8, 4) is 23.0 Å². The highest BCUT2D eigenvalue weighted by atomic mass is 32.1. The summed E-state index contributed by atoms with van der Waals surface area (Å²) in [7, 11) is 4.64. The number of aliphatic hydroxyl groups excluding tert-OH is 1. The van der Waals surface area contributed by atoms with Crippen LogP contribution in [0.25, 0.3) is 16.0 Å². The maximum atomic E-state index is 13.7. The number of amides is 1. The van der Waals surface area contributed by atoms with Gasteiger partial charge in [-0.15, -0.1) is 0 Å². The zero-order chi connectivity index (χ0) is 30.0. The van der Waals surface area contributed by atoms with Crippen molar-refractivity contribution in [2.45, 2.75) is 26.3 Å². The first-order valence-corrected chi connectivity index (χ1v) is 14.3. The number of methoxy groups -OCH3 is 3. The predicted octanol–water partition coefficient (Wildman–Crippen LogP) is 6.37. The van der Waals surface area contributed by atoms with Crippen LogP contribution in [0.5, 0.6) is 23.0 Å². The summed E-state index contributed by atoms with van der Waals surface area (Å²) in [4.78, 5) is 33.3.